The minimum absolute atomic E-state index is 0.522. The van der Waals surface area contributed by atoms with E-state index in [1.165, 1.54) is 68.1 Å². The Balaban J connectivity index is 1.51. The zero-order valence-corrected chi connectivity index (χ0v) is 18.2. The van der Waals surface area contributed by atoms with Crippen LogP contribution in [0.3, 0.4) is 0 Å². The lowest BCUT2D eigenvalue weighted by atomic mass is 9.79. The summed E-state index contributed by atoms with van der Waals surface area (Å²) in [5, 5.41) is 0.881. The summed E-state index contributed by atoms with van der Waals surface area (Å²) in [6.07, 6.45) is 11.1. The predicted molar refractivity (Wildman–Crippen MR) is 122 cm³/mol. The summed E-state index contributed by atoms with van der Waals surface area (Å²) >= 11 is 6.49. The van der Waals surface area contributed by atoms with Crippen LogP contribution in [0, 0.1) is 24.7 Å². The molecule has 3 rings (SSSR count). The summed E-state index contributed by atoms with van der Waals surface area (Å²) in [4.78, 5) is 0. The third-order valence-corrected chi connectivity index (χ3v) is 6.40. The van der Waals surface area contributed by atoms with E-state index in [-0.39, 0.29) is 0 Å². The first-order valence-electron chi connectivity index (χ1n) is 11.0. The summed E-state index contributed by atoms with van der Waals surface area (Å²) in [7, 11) is 0. The van der Waals surface area contributed by atoms with Crippen molar-refractivity contribution in [3.05, 3.63) is 69.7 Å². The van der Waals surface area contributed by atoms with Crippen molar-refractivity contribution in [2.24, 2.45) is 5.92 Å². The average Bonchev–Trinajstić information content (AvgIpc) is 2.72. The maximum Gasteiger partial charge on any atom is 0.0450 e. The van der Waals surface area contributed by atoms with Gasteiger partial charge in [0.25, 0.3) is 0 Å². The monoisotopic (exact) mass is 392 g/mol. The number of rotatable bonds is 6. The molecule has 0 amide bonds. The predicted octanol–water partition coefficient (Wildman–Crippen LogP) is 8.10. The van der Waals surface area contributed by atoms with Crippen molar-refractivity contribution in [1.29, 1.82) is 0 Å². The van der Waals surface area contributed by atoms with Crippen molar-refractivity contribution >= 4 is 11.6 Å². The Kier molecular flexibility index (Phi) is 8.05. The fourth-order valence-electron chi connectivity index (χ4n) is 4.17. The van der Waals surface area contributed by atoms with Gasteiger partial charge in [0.1, 0.15) is 0 Å². The lowest BCUT2D eigenvalue weighted by Gasteiger charge is -2.26. The second-order valence-corrected chi connectivity index (χ2v) is 8.75. The number of hydrogen-bond acceptors (Lipinski definition) is 0. The minimum atomic E-state index is 0.522. The second kappa shape index (κ2) is 10.7. The van der Waals surface area contributed by atoms with Crippen LogP contribution in [0.15, 0.2) is 42.5 Å². The van der Waals surface area contributed by atoms with Gasteiger partial charge >= 0.3 is 0 Å². The van der Waals surface area contributed by atoms with Crippen LogP contribution in [0.4, 0.5) is 0 Å². The summed E-state index contributed by atoms with van der Waals surface area (Å²) in [6, 6.07) is 15.5. The van der Waals surface area contributed by atoms with Gasteiger partial charge in [-0.3, -0.25) is 0 Å². The lowest BCUT2D eigenvalue weighted by Crippen LogP contribution is -2.12. The highest BCUT2D eigenvalue weighted by Crippen LogP contribution is 2.35. The standard InChI is InChI=1S/C27H33Cl/c1-3-4-5-6-7-26-19-14-23(20-27(26)28)11-10-22-12-17-25(18-13-22)24-15-8-21(2)9-16-24/h8-9,14-16,19-20,22,25H,3-7,12-13,17-18H2,1-2H3/t22-,25-. The molecule has 0 saturated heterocycles. The number of hydrogen-bond donors (Lipinski definition) is 0. The first kappa shape index (κ1) is 21.0. The molecule has 0 aromatic heterocycles. The molecule has 0 spiro atoms. The van der Waals surface area contributed by atoms with Crippen molar-refractivity contribution in [2.75, 3.05) is 0 Å². The van der Waals surface area contributed by atoms with Gasteiger partial charge in [-0.2, -0.15) is 0 Å². The van der Waals surface area contributed by atoms with E-state index in [1.54, 1.807) is 0 Å². The summed E-state index contributed by atoms with van der Waals surface area (Å²) in [6.45, 7) is 4.40. The Hall–Kier alpha value is -1.71. The average molecular weight is 393 g/mol. The van der Waals surface area contributed by atoms with E-state index in [0.717, 1.165) is 17.0 Å². The molecule has 1 aliphatic carbocycles. The van der Waals surface area contributed by atoms with E-state index < -0.39 is 0 Å². The van der Waals surface area contributed by atoms with Gasteiger partial charge in [-0.15, -0.1) is 0 Å². The topological polar surface area (TPSA) is 0 Å². The summed E-state index contributed by atoms with van der Waals surface area (Å²) in [5.74, 6) is 8.13. The molecule has 1 aliphatic rings. The van der Waals surface area contributed by atoms with Crippen molar-refractivity contribution in [2.45, 2.75) is 77.6 Å². The smallest absolute Gasteiger partial charge is 0.0450 e. The van der Waals surface area contributed by atoms with E-state index in [0.29, 0.717) is 11.8 Å². The molecule has 0 unspecified atom stereocenters. The molecular formula is C27H33Cl. The van der Waals surface area contributed by atoms with Crippen LogP contribution in [0.2, 0.25) is 5.02 Å². The molecule has 1 saturated carbocycles. The summed E-state index contributed by atoms with van der Waals surface area (Å²) in [5.41, 5.74) is 5.16. The van der Waals surface area contributed by atoms with Crippen LogP contribution in [-0.2, 0) is 6.42 Å². The molecule has 1 heteroatoms. The maximum atomic E-state index is 6.49. The van der Waals surface area contributed by atoms with Gasteiger partial charge in [0, 0.05) is 16.5 Å². The van der Waals surface area contributed by atoms with Crippen LogP contribution >= 0.6 is 11.6 Å². The van der Waals surface area contributed by atoms with Gasteiger partial charge in [-0.25, -0.2) is 0 Å². The molecule has 2 aromatic carbocycles. The molecule has 0 radical (unpaired) electrons. The van der Waals surface area contributed by atoms with Crippen molar-refractivity contribution in [1.82, 2.24) is 0 Å². The molecule has 148 valence electrons. The number of unbranched alkanes of at least 4 members (excludes halogenated alkanes) is 3. The zero-order chi connectivity index (χ0) is 19.8. The molecule has 28 heavy (non-hydrogen) atoms. The van der Waals surface area contributed by atoms with Gasteiger partial charge in [0.2, 0.25) is 0 Å². The molecule has 0 nitrogen and oxygen atoms in total. The van der Waals surface area contributed by atoms with Crippen LogP contribution in [-0.4, -0.2) is 0 Å². The van der Waals surface area contributed by atoms with Gasteiger partial charge in [0.05, 0.1) is 0 Å². The second-order valence-electron chi connectivity index (χ2n) is 8.35. The number of aryl methyl sites for hydroxylation is 2. The van der Waals surface area contributed by atoms with Crippen LogP contribution < -0.4 is 0 Å². The van der Waals surface area contributed by atoms with Crippen LogP contribution in [0.25, 0.3) is 0 Å². The number of benzene rings is 2. The molecule has 0 heterocycles. The minimum Gasteiger partial charge on any atom is -0.0945 e. The molecule has 0 atom stereocenters. The van der Waals surface area contributed by atoms with Crippen LogP contribution in [0.1, 0.15) is 86.5 Å². The van der Waals surface area contributed by atoms with Crippen molar-refractivity contribution < 1.29 is 0 Å². The quantitative estimate of drug-likeness (QED) is 0.344. The van der Waals surface area contributed by atoms with E-state index in [9.17, 15) is 0 Å². The Bertz CT molecular complexity index is 798. The highest BCUT2D eigenvalue weighted by molar-refractivity contribution is 6.31. The lowest BCUT2D eigenvalue weighted by molar-refractivity contribution is 0.384. The van der Waals surface area contributed by atoms with E-state index in [1.807, 2.05) is 0 Å². The molecule has 2 aromatic rings. The SMILES string of the molecule is CCCCCCc1ccc(C#C[C@H]2CC[C@H](c3ccc(C)cc3)CC2)cc1Cl. The Morgan fingerprint density at radius 3 is 2.36 bits per heavy atom. The Morgan fingerprint density at radius 2 is 1.68 bits per heavy atom. The maximum absolute atomic E-state index is 6.49. The van der Waals surface area contributed by atoms with Gasteiger partial charge in [0.15, 0.2) is 0 Å². The fourth-order valence-corrected chi connectivity index (χ4v) is 4.44. The first-order chi connectivity index (χ1) is 13.7. The van der Waals surface area contributed by atoms with Gasteiger partial charge < -0.3 is 0 Å². The normalized spacial score (nSPS) is 19.1. The Morgan fingerprint density at radius 1 is 0.929 bits per heavy atom. The molecule has 0 bridgehead atoms. The fraction of sp³-hybridized carbons (Fsp3) is 0.481. The van der Waals surface area contributed by atoms with E-state index in [2.05, 4.69) is 68.2 Å². The van der Waals surface area contributed by atoms with Crippen molar-refractivity contribution in [3.63, 3.8) is 0 Å². The zero-order valence-electron chi connectivity index (χ0n) is 17.4. The largest absolute Gasteiger partial charge is 0.0945 e. The molecule has 1 fully saturated rings. The highest BCUT2D eigenvalue weighted by atomic mass is 35.5. The molecule has 0 N–H and O–H groups in total. The molecular weight excluding hydrogens is 360 g/mol. The third kappa shape index (κ3) is 6.15. The molecule has 0 aliphatic heterocycles. The van der Waals surface area contributed by atoms with Gasteiger partial charge in [-0.1, -0.05) is 85.5 Å². The first-order valence-corrected chi connectivity index (χ1v) is 11.4. The van der Waals surface area contributed by atoms with E-state index in [4.69, 9.17) is 11.6 Å². The van der Waals surface area contributed by atoms with E-state index >= 15 is 0 Å². The van der Waals surface area contributed by atoms with Gasteiger partial charge in [-0.05, 0) is 74.6 Å². The highest BCUT2D eigenvalue weighted by Gasteiger charge is 2.21. The van der Waals surface area contributed by atoms with Crippen LogP contribution in [0.5, 0.6) is 0 Å². The van der Waals surface area contributed by atoms with Crippen molar-refractivity contribution in [3.8, 4) is 11.8 Å². The third-order valence-electron chi connectivity index (χ3n) is 6.05. The summed E-state index contributed by atoms with van der Waals surface area (Å²) < 4.78 is 0. The Labute approximate surface area is 176 Å². The number of halogens is 1.